The lowest BCUT2D eigenvalue weighted by Gasteiger charge is -2.10. The lowest BCUT2D eigenvalue weighted by Crippen LogP contribution is -2.14. The maximum Gasteiger partial charge on any atom is 0.308 e. The number of esters is 1. The molecule has 7 nitrogen and oxygen atoms in total. The van der Waals surface area contributed by atoms with Crippen molar-refractivity contribution in [1.29, 1.82) is 0 Å². The largest absolute Gasteiger partial charge is 0.507 e. The van der Waals surface area contributed by atoms with Crippen LogP contribution in [0.15, 0.2) is 72.8 Å². The van der Waals surface area contributed by atoms with Crippen LogP contribution in [0.4, 0.5) is 11.4 Å². The molecule has 3 N–H and O–H groups in total. The van der Waals surface area contributed by atoms with E-state index in [1.165, 1.54) is 25.1 Å². The van der Waals surface area contributed by atoms with Gasteiger partial charge in [0.2, 0.25) is 0 Å². The summed E-state index contributed by atoms with van der Waals surface area (Å²) in [5.41, 5.74) is 1.37. The third-order valence-electron chi connectivity index (χ3n) is 3.88. The van der Waals surface area contributed by atoms with Gasteiger partial charge in [-0.25, -0.2) is 0 Å². The molecule has 2 amide bonds. The van der Waals surface area contributed by atoms with E-state index in [-0.39, 0.29) is 17.1 Å². The van der Waals surface area contributed by atoms with Gasteiger partial charge in [-0.1, -0.05) is 24.3 Å². The number of rotatable bonds is 5. The van der Waals surface area contributed by atoms with Crippen LogP contribution in [0, 0.1) is 0 Å². The topological polar surface area (TPSA) is 105 Å². The van der Waals surface area contributed by atoms with E-state index < -0.39 is 17.8 Å². The highest BCUT2D eigenvalue weighted by Crippen LogP contribution is 2.21. The molecule has 0 saturated carbocycles. The fraction of sp³-hybridized carbons (Fsp3) is 0.0455. The van der Waals surface area contributed by atoms with Crippen molar-refractivity contribution in [3.63, 3.8) is 0 Å². The van der Waals surface area contributed by atoms with Gasteiger partial charge in [-0.2, -0.15) is 0 Å². The fourth-order valence-electron chi connectivity index (χ4n) is 2.61. The minimum atomic E-state index is -0.476. The molecular weight excluding hydrogens is 372 g/mol. The van der Waals surface area contributed by atoms with Gasteiger partial charge < -0.3 is 20.5 Å². The zero-order chi connectivity index (χ0) is 20.8. The van der Waals surface area contributed by atoms with E-state index in [9.17, 15) is 19.5 Å². The Hall–Kier alpha value is -4.13. The van der Waals surface area contributed by atoms with Gasteiger partial charge in [-0.15, -0.1) is 0 Å². The second kappa shape index (κ2) is 8.71. The standard InChI is InChI=1S/C22H18N2O5/c1-14(25)29-18-9-4-6-15(12-18)21(27)23-16-7-5-8-17(13-16)24-22(28)19-10-2-3-11-20(19)26/h2-13,26H,1H3,(H,23,27)(H,24,28). The van der Waals surface area contributed by atoms with Crippen LogP contribution < -0.4 is 15.4 Å². The van der Waals surface area contributed by atoms with Gasteiger partial charge in [0, 0.05) is 23.9 Å². The van der Waals surface area contributed by atoms with Crippen LogP contribution in [0.25, 0.3) is 0 Å². The number of phenolic OH excluding ortho intramolecular Hbond substituents is 1. The number of para-hydroxylation sites is 1. The highest BCUT2D eigenvalue weighted by Gasteiger charge is 2.12. The van der Waals surface area contributed by atoms with E-state index in [2.05, 4.69) is 10.6 Å². The maximum absolute atomic E-state index is 12.5. The van der Waals surface area contributed by atoms with Crippen LogP contribution in [0.3, 0.4) is 0 Å². The van der Waals surface area contributed by atoms with E-state index >= 15 is 0 Å². The summed E-state index contributed by atoms with van der Waals surface area (Å²) in [6.45, 7) is 1.28. The number of benzene rings is 3. The number of hydrogen-bond acceptors (Lipinski definition) is 5. The molecule has 0 aromatic heterocycles. The summed E-state index contributed by atoms with van der Waals surface area (Å²) in [5, 5.41) is 15.2. The molecule has 0 aliphatic carbocycles. The Morgan fingerprint density at radius 2 is 1.45 bits per heavy atom. The summed E-state index contributed by atoms with van der Waals surface area (Å²) in [4.78, 5) is 35.9. The zero-order valence-corrected chi connectivity index (χ0v) is 15.5. The van der Waals surface area contributed by atoms with Crippen LogP contribution in [-0.2, 0) is 4.79 Å². The van der Waals surface area contributed by atoms with Crippen LogP contribution in [-0.4, -0.2) is 22.9 Å². The molecule has 0 heterocycles. The van der Waals surface area contributed by atoms with E-state index in [0.29, 0.717) is 16.9 Å². The fourth-order valence-corrected chi connectivity index (χ4v) is 2.61. The molecule has 29 heavy (non-hydrogen) atoms. The van der Waals surface area contributed by atoms with Gasteiger partial charge >= 0.3 is 5.97 Å². The van der Waals surface area contributed by atoms with Crippen molar-refractivity contribution in [2.24, 2.45) is 0 Å². The number of hydrogen-bond donors (Lipinski definition) is 3. The van der Waals surface area contributed by atoms with E-state index in [0.717, 1.165) is 0 Å². The summed E-state index contributed by atoms with van der Waals surface area (Å²) in [6, 6.07) is 19.0. The smallest absolute Gasteiger partial charge is 0.308 e. The van der Waals surface area contributed by atoms with Crippen LogP contribution in [0.5, 0.6) is 11.5 Å². The Labute approximate surface area is 166 Å². The zero-order valence-electron chi connectivity index (χ0n) is 15.5. The number of phenols is 1. The Kier molecular flexibility index (Phi) is 5.89. The molecule has 3 aromatic rings. The van der Waals surface area contributed by atoms with Gasteiger partial charge in [-0.05, 0) is 48.5 Å². The summed E-state index contributed by atoms with van der Waals surface area (Å²) >= 11 is 0. The van der Waals surface area contributed by atoms with Crippen molar-refractivity contribution < 1.29 is 24.2 Å². The first-order valence-electron chi connectivity index (χ1n) is 8.71. The Morgan fingerprint density at radius 3 is 2.14 bits per heavy atom. The van der Waals surface area contributed by atoms with Gasteiger partial charge in [0.15, 0.2) is 0 Å². The van der Waals surface area contributed by atoms with Crippen molar-refractivity contribution >= 4 is 29.2 Å². The molecule has 0 atom stereocenters. The quantitative estimate of drug-likeness (QED) is 0.454. The van der Waals surface area contributed by atoms with Gasteiger partial charge in [0.1, 0.15) is 11.5 Å². The Balaban J connectivity index is 1.71. The molecule has 7 heteroatoms. The van der Waals surface area contributed by atoms with Crippen molar-refractivity contribution in [3.8, 4) is 11.5 Å². The predicted octanol–water partition coefficient (Wildman–Crippen LogP) is 3.82. The molecule has 0 unspecified atom stereocenters. The predicted molar refractivity (Wildman–Crippen MR) is 108 cm³/mol. The first-order valence-corrected chi connectivity index (χ1v) is 8.71. The lowest BCUT2D eigenvalue weighted by molar-refractivity contribution is -0.131. The van der Waals surface area contributed by atoms with Gasteiger partial charge in [-0.3, -0.25) is 14.4 Å². The molecule has 3 rings (SSSR count). The number of amides is 2. The monoisotopic (exact) mass is 390 g/mol. The van der Waals surface area contributed by atoms with Gasteiger partial charge in [0.05, 0.1) is 5.56 Å². The van der Waals surface area contributed by atoms with Crippen molar-refractivity contribution in [2.45, 2.75) is 6.92 Å². The van der Waals surface area contributed by atoms with Crippen LogP contribution in [0.2, 0.25) is 0 Å². The molecule has 0 radical (unpaired) electrons. The first kappa shape index (κ1) is 19.6. The van der Waals surface area contributed by atoms with Crippen LogP contribution >= 0.6 is 0 Å². The molecular formula is C22H18N2O5. The van der Waals surface area contributed by atoms with E-state index in [1.807, 2.05) is 0 Å². The number of nitrogens with one attached hydrogen (secondary N) is 2. The Morgan fingerprint density at radius 1 is 0.793 bits per heavy atom. The maximum atomic E-state index is 12.5. The first-order chi connectivity index (χ1) is 13.9. The van der Waals surface area contributed by atoms with E-state index in [1.54, 1.807) is 54.6 Å². The molecule has 0 saturated heterocycles. The SMILES string of the molecule is CC(=O)Oc1cccc(C(=O)Nc2cccc(NC(=O)c3ccccc3O)c2)c1. The number of carbonyl (C=O) groups excluding carboxylic acids is 3. The molecule has 0 aliphatic heterocycles. The average Bonchev–Trinajstić information content (AvgIpc) is 2.68. The minimum Gasteiger partial charge on any atom is -0.507 e. The van der Waals surface area contributed by atoms with Crippen LogP contribution in [0.1, 0.15) is 27.6 Å². The highest BCUT2D eigenvalue weighted by atomic mass is 16.5. The second-order valence-electron chi connectivity index (χ2n) is 6.13. The number of anilines is 2. The molecule has 3 aromatic carbocycles. The number of ether oxygens (including phenoxy) is 1. The number of aromatic hydroxyl groups is 1. The van der Waals surface area contributed by atoms with Crippen molar-refractivity contribution in [2.75, 3.05) is 10.6 Å². The summed E-state index contributed by atoms with van der Waals surface area (Å²) in [6.07, 6.45) is 0. The third-order valence-corrected chi connectivity index (χ3v) is 3.88. The number of carbonyl (C=O) groups is 3. The molecule has 0 fully saturated rings. The van der Waals surface area contributed by atoms with Crippen molar-refractivity contribution in [3.05, 3.63) is 83.9 Å². The third kappa shape index (κ3) is 5.20. The minimum absolute atomic E-state index is 0.123. The summed E-state index contributed by atoms with van der Waals surface area (Å²) in [7, 11) is 0. The highest BCUT2D eigenvalue weighted by molar-refractivity contribution is 6.07. The van der Waals surface area contributed by atoms with E-state index in [4.69, 9.17) is 4.74 Å². The normalized spacial score (nSPS) is 10.1. The molecule has 0 spiro atoms. The second-order valence-corrected chi connectivity index (χ2v) is 6.13. The Bertz CT molecular complexity index is 1080. The summed E-state index contributed by atoms with van der Waals surface area (Å²) in [5.74, 6) is -1.20. The van der Waals surface area contributed by atoms with Crippen molar-refractivity contribution in [1.82, 2.24) is 0 Å². The summed E-state index contributed by atoms with van der Waals surface area (Å²) < 4.78 is 4.98. The van der Waals surface area contributed by atoms with Gasteiger partial charge in [0.25, 0.3) is 11.8 Å². The molecule has 146 valence electrons. The lowest BCUT2D eigenvalue weighted by atomic mass is 10.1. The molecule has 0 aliphatic rings. The molecule has 0 bridgehead atoms. The average molecular weight is 390 g/mol.